The third-order valence-corrected chi connectivity index (χ3v) is 4.43. The fraction of sp³-hybridized carbons (Fsp3) is 0.611. The highest BCUT2D eigenvalue weighted by atomic mass is 35.5. The number of nitrogens with one attached hydrogen (secondary N) is 1. The molecule has 0 radical (unpaired) electrons. The SMILES string of the molecule is CNC(CC(C)C)C(=O)N1CCC(=NOCc2ccnc(Cl)c2)CC1. The lowest BCUT2D eigenvalue weighted by molar-refractivity contribution is -0.133. The van der Waals surface area contributed by atoms with Crippen molar-refractivity contribution in [1.29, 1.82) is 0 Å². The summed E-state index contributed by atoms with van der Waals surface area (Å²) in [5.41, 5.74) is 1.93. The van der Waals surface area contributed by atoms with Crippen LogP contribution >= 0.6 is 11.6 Å². The highest BCUT2D eigenvalue weighted by Gasteiger charge is 2.26. The van der Waals surface area contributed by atoms with Crippen molar-refractivity contribution in [3.05, 3.63) is 29.0 Å². The summed E-state index contributed by atoms with van der Waals surface area (Å²) in [7, 11) is 1.85. The number of pyridine rings is 1. The van der Waals surface area contributed by atoms with Crippen LogP contribution in [0, 0.1) is 5.92 Å². The Morgan fingerprint density at radius 3 is 2.76 bits per heavy atom. The molecule has 2 rings (SSSR count). The van der Waals surface area contributed by atoms with Crippen molar-refractivity contribution in [2.45, 2.75) is 45.8 Å². The summed E-state index contributed by atoms with van der Waals surface area (Å²) in [6.45, 7) is 6.01. The number of likely N-dealkylation sites (N-methyl/N-ethyl adjacent to an activating group) is 1. The molecule has 1 aromatic heterocycles. The van der Waals surface area contributed by atoms with Crippen molar-refractivity contribution in [3.63, 3.8) is 0 Å². The number of hydrogen-bond acceptors (Lipinski definition) is 5. The molecule has 0 aromatic carbocycles. The topological polar surface area (TPSA) is 66.8 Å². The molecule has 6 nitrogen and oxygen atoms in total. The zero-order valence-electron chi connectivity index (χ0n) is 15.2. The van der Waals surface area contributed by atoms with E-state index in [4.69, 9.17) is 16.4 Å². The number of likely N-dealkylation sites (tertiary alicyclic amines) is 1. The maximum atomic E-state index is 12.6. The second-order valence-electron chi connectivity index (χ2n) is 6.71. The van der Waals surface area contributed by atoms with E-state index >= 15 is 0 Å². The molecule has 1 saturated heterocycles. The third-order valence-electron chi connectivity index (χ3n) is 4.22. The Morgan fingerprint density at radius 1 is 1.44 bits per heavy atom. The van der Waals surface area contributed by atoms with Gasteiger partial charge in [-0.1, -0.05) is 30.6 Å². The van der Waals surface area contributed by atoms with Crippen LogP contribution in [-0.2, 0) is 16.2 Å². The van der Waals surface area contributed by atoms with Gasteiger partial charge in [-0.3, -0.25) is 4.79 Å². The van der Waals surface area contributed by atoms with Crippen molar-refractivity contribution < 1.29 is 9.63 Å². The van der Waals surface area contributed by atoms with Gasteiger partial charge in [-0.15, -0.1) is 0 Å². The normalized spacial score (nSPS) is 16.0. The lowest BCUT2D eigenvalue weighted by Crippen LogP contribution is -2.48. The van der Waals surface area contributed by atoms with Gasteiger partial charge in [-0.05, 0) is 37.1 Å². The van der Waals surface area contributed by atoms with E-state index in [9.17, 15) is 4.79 Å². The van der Waals surface area contributed by atoms with Crippen LogP contribution in [0.4, 0.5) is 0 Å². The molecule has 1 aromatic rings. The number of nitrogens with zero attached hydrogens (tertiary/aromatic N) is 3. The first kappa shape index (κ1) is 19.7. The Labute approximate surface area is 154 Å². The first-order chi connectivity index (χ1) is 12.0. The van der Waals surface area contributed by atoms with Gasteiger partial charge in [-0.25, -0.2) is 4.98 Å². The van der Waals surface area contributed by atoms with Crippen LogP contribution in [0.15, 0.2) is 23.5 Å². The summed E-state index contributed by atoms with van der Waals surface area (Å²) in [5, 5.41) is 7.80. The first-order valence-corrected chi connectivity index (χ1v) is 9.11. The monoisotopic (exact) mass is 366 g/mol. The van der Waals surface area contributed by atoms with E-state index in [1.807, 2.05) is 18.0 Å². The Morgan fingerprint density at radius 2 is 2.16 bits per heavy atom. The Bertz CT molecular complexity index is 596. The number of aromatic nitrogens is 1. The van der Waals surface area contributed by atoms with Gasteiger partial charge in [0, 0.05) is 32.1 Å². The lowest BCUT2D eigenvalue weighted by atomic mass is 10.0. The van der Waals surface area contributed by atoms with Crippen molar-refractivity contribution in [2.24, 2.45) is 11.1 Å². The molecule has 2 heterocycles. The molecule has 0 spiro atoms. The molecule has 1 aliphatic heterocycles. The molecule has 1 amide bonds. The summed E-state index contributed by atoms with van der Waals surface area (Å²) in [5.74, 6) is 0.668. The molecule has 0 saturated carbocycles. The minimum absolute atomic E-state index is 0.105. The highest BCUT2D eigenvalue weighted by Crippen LogP contribution is 2.14. The van der Waals surface area contributed by atoms with Crippen LogP contribution in [0.1, 0.15) is 38.7 Å². The standard InChI is InChI=1S/C18H27ClN4O2/c1-13(2)10-16(20-3)18(24)23-8-5-15(6-9-23)22-25-12-14-4-7-21-17(19)11-14/h4,7,11,13,16,20H,5-6,8-10,12H2,1-3H3. The number of piperidine rings is 1. The summed E-state index contributed by atoms with van der Waals surface area (Å²) >= 11 is 5.84. The third kappa shape index (κ3) is 6.29. The average Bonchev–Trinajstić information content (AvgIpc) is 2.59. The summed E-state index contributed by atoms with van der Waals surface area (Å²) in [6.07, 6.45) is 4.00. The molecule has 7 heteroatoms. The van der Waals surface area contributed by atoms with Crippen LogP contribution in [0.2, 0.25) is 5.15 Å². The number of carbonyl (C=O) groups excluding carboxylic acids is 1. The Hall–Kier alpha value is -1.66. The van der Waals surface area contributed by atoms with Gasteiger partial charge in [0.25, 0.3) is 0 Å². The lowest BCUT2D eigenvalue weighted by Gasteiger charge is -2.31. The summed E-state index contributed by atoms with van der Waals surface area (Å²) < 4.78 is 0. The molecule has 25 heavy (non-hydrogen) atoms. The zero-order valence-corrected chi connectivity index (χ0v) is 15.9. The number of rotatable bonds is 7. The van der Waals surface area contributed by atoms with Crippen LogP contribution < -0.4 is 5.32 Å². The average molecular weight is 367 g/mol. The molecule has 0 aliphatic carbocycles. The number of oxime groups is 1. The zero-order chi connectivity index (χ0) is 18.2. The molecular formula is C18H27ClN4O2. The molecule has 0 bridgehead atoms. The van der Waals surface area contributed by atoms with Gasteiger partial charge in [-0.2, -0.15) is 0 Å². The van der Waals surface area contributed by atoms with Gasteiger partial charge in [0.05, 0.1) is 11.8 Å². The van der Waals surface area contributed by atoms with E-state index in [-0.39, 0.29) is 11.9 Å². The highest BCUT2D eigenvalue weighted by molar-refractivity contribution is 6.29. The predicted molar refractivity (Wildman–Crippen MR) is 99.6 cm³/mol. The van der Waals surface area contributed by atoms with Crippen molar-refractivity contribution in [2.75, 3.05) is 20.1 Å². The van der Waals surface area contributed by atoms with E-state index in [1.54, 1.807) is 12.3 Å². The van der Waals surface area contributed by atoms with Crippen LogP contribution in [0.5, 0.6) is 0 Å². The van der Waals surface area contributed by atoms with Gasteiger partial charge in [0.1, 0.15) is 11.8 Å². The number of carbonyl (C=O) groups is 1. The van der Waals surface area contributed by atoms with E-state index in [0.29, 0.717) is 30.8 Å². The van der Waals surface area contributed by atoms with E-state index in [0.717, 1.165) is 30.5 Å². The molecule has 138 valence electrons. The Kier molecular flexibility index (Phi) is 7.65. The Balaban J connectivity index is 1.79. The van der Waals surface area contributed by atoms with E-state index in [2.05, 4.69) is 29.3 Å². The second-order valence-corrected chi connectivity index (χ2v) is 7.10. The van der Waals surface area contributed by atoms with Crippen molar-refractivity contribution in [1.82, 2.24) is 15.2 Å². The van der Waals surface area contributed by atoms with E-state index < -0.39 is 0 Å². The van der Waals surface area contributed by atoms with Gasteiger partial charge in [0.15, 0.2) is 0 Å². The number of hydrogen-bond donors (Lipinski definition) is 1. The largest absolute Gasteiger partial charge is 0.391 e. The minimum Gasteiger partial charge on any atom is -0.391 e. The maximum Gasteiger partial charge on any atom is 0.239 e. The summed E-state index contributed by atoms with van der Waals surface area (Å²) in [6, 6.07) is 3.50. The maximum absolute atomic E-state index is 12.6. The van der Waals surface area contributed by atoms with Crippen molar-refractivity contribution in [3.8, 4) is 0 Å². The second kappa shape index (κ2) is 9.73. The fourth-order valence-electron chi connectivity index (χ4n) is 2.84. The van der Waals surface area contributed by atoms with Gasteiger partial charge in [0.2, 0.25) is 5.91 Å². The van der Waals surface area contributed by atoms with E-state index in [1.165, 1.54) is 0 Å². The number of halogens is 1. The molecule has 1 N–H and O–H groups in total. The minimum atomic E-state index is -0.105. The molecule has 1 unspecified atom stereocenters. The molecule has 1 aliphatic rings. The number of amides is 1. The summed E-state index contributed by atoms with van der Waals surface area (Å²) in [4.78, 5) is 23.8. The van der Waals surface area contributed by atoms with Crippen molar-refractivity contribution >= 4 is 23.2 Å². The van der Waals surface area contributed by atoms with Gasteiger partial charge < -0.3 is 15.1 Å². The van der Waals surface area contributed by atoms with Crippen LogP contribution in [-0.4, -0.2) is 47.7 Å². The van der Waals surface area contributed by atoms with Crippen LogP contribution in [0.25, 0.3) is 0 Å². The molecular weight excluding hydrogens is 340 g/mol. The molecule has 1 fully saturated rings. The smallest absolute Gasteiger partial charge is 0.239 e. The molecule has 1 atom stereocenters. The predicted octanol–water partition coefficient (Wildman–Crippen LogP) is 2.86. The first-order valence-electron chi connectivity index (χ1n) is 8.73. The quantitative estimate of drug-likeness (QED) is 0.595. The van der Waals surface area contributed by atoms with Gasteiger partial charge >= 0.3 is 0 Å². The van der Waals surface area contributed by atoms with Crippen LogP contribution in [0.3, 0.4) is 0 Å². The fourth-order valence-corrected chi connectivity index (χ4v) is 3.04.